The maximum Gasteiger partial charge on any atom is 0.174 e. The van der Waals surface area contributed by atoms with Gasteiger partial charge in [-0.1, -0.05) is 96.8 Å². The minimum absolute atomic E-state index is 0.00220. The van der Waals surface area contributed by atoms with Gasteiger partial charge in [-0.15, -0.1) is 0 Å². The Hall–Kier alpha value is -0.120. The Labute approximate surface area is 189 Å². The highest BCUT2D eigenvalue weighted by atomic mass is 16.8. The van der Waals surface area contributed by atoms with Gasteiger partial charge in [0.2, 0.25) is 0 Å². The summed E-state index contributed by atoms with van der Waals surface area (Å²) in [5.41, 5.74) is -0.00440. The van der Waals surface area contributed by atoms with Crippen LogP contribution < -0.4 is 0 Å². The number of nitrogens with zero attached hydrogens (tertiary/aromatic N) is 1. The van der Waals surface area contributed by atoms with E-state index >= 15 is 0 Å². The van der Waals surface area contributed by atoms with Gasteiger partial charge < -0.3 is 5.11 Å². The zero-order valence-electron chi connectivity index (χ0n) is 21.3. The fourth-order valence-electron chi connectivity index (χ4n) is 5.13. The lowest BCUT2D eigenvalue weighted by Gasteiger charge is -2.51. The average Bonchev–Trinajstić information content (AvgIpc) is 2.67. The molecule has 0 bridgehead atoms. The van der Waals surface area contributed by atoms with Crippen molar-refractivity contribution in [1.82, 2.24) is 5.06 Å². The number of piperidine rings is 1. The number of hydrogen-bond acceptors (Lipinski definition) is 3. The molecule has 0 aromatic carbocycles. The average molecular weight is 426 g/mol. The molecule has 30 heavy (non-hydrogen) atoms. The smallest absolute Gasteiger partial charge is 0.174 e. The second-order valence-corrected chi connectivity index (χ2v) is 11.1. The Morgan fingerprint density at radius 2 is 1.03 bits per heavy atom. The van der Waals surface area contributed by atoms with E-state index in [1.807, 2.05) is 0 Å². The highest BCUT2D eigenvalue weighted by Gasteiger charge is 2.43. The molecule has 0 saturated carbocycles. The fourth-order valence-corrected chi connectivity index (χ4v) is 5.13. The van der Waals surface area contributed by atoms with Crippen LogP contribution in [0, 0.1) is 0 Å². The molecular weight excluding hydrogens is 370 g/mol. The molecule has 0 radical (unpaired) electrons. The first-order valence-electron chi connectivity index (χ1n) is 13.4. The van der Waals surface area contributed by atoms with Crippen LogP contribution in [0.25, 0.3) is 0 Å². The summed E-state index contributed by atoms with van der Waals surface area (Å²) in [6.45, 7) is 11.2. The van der Waals surface area contributed by atoms with Gasteiger partial charge in [-0.05, 0) is 59.8 Å². The molecule has 0 amide bonds. The minimum atomic E-state index is -0.663. The van der Waals surface area contributed by atoms with Gasteiger partial charge in [0.05, 0.1) is 0 Å². The van der Waals surface area contributed by atoms with Crippen molar-refractivity contribution in [2.45, 2.75) is 174 Å². The van der Waals surface area contributed by atoms with E-state index < -0.39 is 6.29 Å². The molecular formula is C27H55NO2. The molecule has 1 unspecified atom stereocenters. The molecule has 0 aromatic heterocycles. The highest BCUT2D eigenvalue weighted by Crippen LogP contribution is 2.38. The zero-order valence-corrected chi connectivity index (χ0v) is 21.3. The first-order chi connectivity index (χ1) is 14.3. The van der Waals surface area contributed by atoms with Gasteiger partial charge in [0.25, 0.3) is 0 Å². The maximum absolute atomic E-state index is 10.4. The zero-order chi connectivity index (χ0) is 22.3. The van der Waals surface area contributed by atoms with Crippen LogP contribution >= 0.6 is 0 Å². The van der Waals surface area contributed by atoms with Crippen molar-refractivity contribution < 1.29 is 9.94 Å². The van der Waals surface area contributed by atoms with Crippen molar-refractivity contribution in [3.05, 3.63) is 0 Å². The Morgan fingerprint density at radius 3 is 1.43 bits per heavy atom. The Morgan fingerprint density at radius 1 is 0.667 bits per heavy atom. The van der Waals surface area contributed by atoms with Gasteiger partial charge in [0.15, 0.2) is 6.29 Å². The van der Waals surface area contributed by atoms with Crippen LogP contribution in [0.4, 0.5) is 0 Å². The van der Waals surface area contributed by atoms with E-state index in [0.717, 1.165) is 25.7 Å². The molecule has 0 aliphatic carbocycles. The van der Waals surface area contributed by atoms with Gasteiger partial charge in [0, 0.05) is 11.1 Å². The summed E-state index contributed by atoms with van der Waals surface area (Å²) in [5, 5.41) is 12.5. The van der Waals surface area contributed by atoms with Crippen LogP contribution in [0.5, 0.6) is 0 Å². The van der Waals surface area contributed by atoms with Crippen molar-refractivity contribution >= 4 is 0 Å². The van der Waals surface area contributed by atoms with Gasteiger partial charge >= 0.3 is 0 Å². The summed E-state index contributed by atoms with van der Waals surface area (Å²) in [6.07, 6.45) is 24.1. The second-order valence-electron chi connectivity index (χ2n) is 11.1. The molecule has 1 atom stereocenters. The summed E-state index contributed by atoms with van der Waals surface area (Å²) in [4.78, 5) is 6.03. The van der Waals surface area contributed by atoms with Crippen LogP contribution in [0.1, 0.15) is 157 Å². The summed E-state index contributed by atoms with van der Waals surface area (Å²) in [6, 6.07) is 0. The van der Waals surface area contributed by atoms with Crippen molar-refractivity contribution in [1.29, 1.82) is 0 Å². The van der Waals surface area contributed by atoms with Gasteiger partial charge in [-0.25, -0.2) is 0 Å². The quantitative estimate of drug-likeness (QED) is 0.176. The van der Waals surface area contributed by atoms with Crippen LogP contribution in [0.3, 0.4) is 0 Å². The highest BCUT2D eigenvalue weighted by molar-refractivity contribution is 4.92. The molecule has 1 fully saturated rings. The normalized spacial score (nSPS) is 19.8. The molecule has 1 aliphatic heterocycles. The number of aliphatic hydroxyl groups is 1. The SMILES string of the molecule is CCCCCCCCCCCCCCCCCC(O)ON1C(C)(C)CCCC1(C)C. The van der Waals surface area contributed by atoms with Crippen molar-refractivity contribution in [2.75, 3.05) is 0 Å². The van der Waals surface area contributed by atoms with Crippen LogP contribution in [0.2, 0.25) is 0 Å². The third-order valence-corrected chi connectivity index (χ3v) is 6.96. The molecule has 0 spiro atoms. The standard InChI is InChI=1S/C27H55NO2/c1-6-7-8-9-10-11-12-13-14-15-16-17-18-19-20-22-25(29)30-28-26(2,3)23-21-24-27(28,4)5/h25,29H,6-24H2,1-5H3. The second kappa shape index (κ2) is 15.6. The predicted octanol–water partition coefficient (Wildman–Crippen LogP) is 8.54. The molecule has 1 saturated heterocycles. The lowest BCUT2D eigenvalue weighted by atomic mass is 9.82. The molecule has 180 valence electrons. The van der Waals surface area contributed by atoms with Crippen LogP contribution in [-0.4, -0.2) is 27.5 Å². The number of unbranched alkanes of at least 4 members (excludes halogenated alkanes) is 14. The van der Waals surface area contributed by atoms with E-state index in [0.29, 0.717) is 0 Å². The lowest BCUT2D eigenvalue weighted by Crippen LogP contribution is -2.59. The molecule has 3 nitrogen and oxygen atoms in total. The van der Waals surface area contributed by atoms with E-state index in [9.17, 15) is 5.11 Å². The van der Waals surface area contributed by atoms with Gasteiger partial charge in [0.1, 0.15) is 0 Å². The Balaban J connectivity index is 1.94. The maximum atomic E-state index is 10.4. The van der Waals surface area contributed by atoms with Crippen molar-refractivity contribution in [3.8, 4) is 0 Å². The summed E-state index contributed by atoms with van der Waals surface area (Å²) < 4.78 is 0. The largest absolute Gasteiger partial charge is 0.366 e. The van der Waals surface area contributed by atoms with E-state index in [-0.39, 0.29) is 11.1 Å². The van der Waals surface area contributed by atoms with E-state index in [4.69, 9.17) is 4.84 Å². The van der Waals surface area contributed by atoms with E-state index in [1.165, 1.54) is 96.3 Å². The number of rotatable bonds is 18. The molecule has 3 heteroatoms. The lowest BCUT2D eigenvalue weighted by molar-refractivity contribution is -0.345. The topological polar surface area (TPSA) is 32.7 Å². The fraction of sp³-hybridized carbons (Fsp3) is 1.00. The Kier molecular flexibility index (Phi) is 14.6. The first kappa shape index (κ1) is 27.9. The molecule has 1 N–H and O–H groups in total. The Bertz CT molecular complexity index is 392. The van der Waals surface area contributed by atoms with Gasteiger partial charge in [-0.3, -0.25) is 4.84 Å². The summed E-state index contributed by atoms with van der Waals surface area (Å²) in [7, 11) is 0. The van der Waals surface area contributed by atoms with Crippen LogP contribution in [-0.2, 0) is 4.84 Å². The third-order valence-electron chi connectivity index (χ3n) is 6.96. The van der Waals surface area contributed by atoms with E-state index in [2.05, 4.69) is 39.7 Å². The number of aliphatic hydroxyl groups excluding tert-OH is 1. The number of hydroxylamine groups is 2. The third kappa shape index (κ3) is 12.1. The molecule has 0 aromatic rings. The minimum Gasteiger partial charge on any atom is -0.366 e. The van der Waals surface area contributed by atoms with Crippen LogP contribution in [0.15, 0.2) is 0 Å². The molecule has 1 heterocycles. The number of hydrogen-bond donors (Lipinski definition) is 1. The summed E-state index contributed by atoms with van der Waals surface area (Å²) in [5.74, 6) is 0. The molecule has 1 rings (SSSR count). The van der Waals surface area contributed by atoms with Crippen molar-refractivity contribution in [2.24, 2.45) is 0 Å². The molecule has 1 aliphatic rings. The summed E-state index contributed by atoms with van der Waals surface area (Å²) >= 11 is 0. The van der Waals surface area contributed by atoms with Crippen molar-refractivity contribution in [3.63, 3.8) is 0 Å². The monoisotopic (exact) mass is 425 g/mol. The first-order valence-corrected chi connectivity index (χ1v) is 13.4. The van der Waals surface area contributed by atoms with Gasteiger partial charge in [-0.2, -0.15) is 5.06 Å². The van der Waals surface area contributed by atoms with E-state index in [1.54, 1.807) is 0 Å². The predicted molar refractivity (Wildman–Crippen MR) is 130 cm³/mol.